The van der Waals surface area contributed by atoms with E-state index in [4.69, 9.17) is 10.00 Å². The summed E-state index contributed by atoms with van der Waals surface area (Å²) in [6.45, 7) is 6.14. The van der Waals surface area contributed by atoms with Crippen LogP contribution in [-0.2, 0) is 9.53 Å². The Labute approximate surface area is 85.5 Å². The number of ether oxygens (including phenoxy) is 1. The lowest BCUT2D eigenvalue weighted by Gasteiger charge is -2.30. The molecule has 0 rings (SSSR count). The number of methoxy groups -OCH3 is 1. The monoisotopic (exact) mass is 198 g/mol. The third kappa shape index (κ3) is 2.71. The van der Waals surface area contributed by atoms with Crippen molar-refractivity contribution >= 4 is 5.91 Å². The summed E-state index contributed by atoms with van der Waals surface area (Å²) in [5.41, 5.74) is -0.799. The number of amides is 1. The van der Waals surface area contributed by atoms with Gasteiger partial charge in [-0.25, -0.2) is 0 Å². The Kier molecular flexibility index (Phi) is 5.18. The van der Waals surface area contributed by atoms with Gasteiger partial charge in [0.1, 0.15) is 12.1 Å². The molecule has 0 saturated heterocycles. The van der Waals surface area contributed by atoms with Crippen molar-refractivity contribution in [1.82, 2.24) is 4.90 Å². The number of rotatable bonds is 5. The molecule has 0 aromatic carbocycles. The van der Waals surface area contributed by atoms with E-state index in [2.05, 4.69) is 0 Å². The van der Waals surface area contributed by atoms with E-state index >= 15 is 0 Å². The van der Waals surface area contributed by atoms with Crippen LogP contribution in [0.2, 0.25) is 0 Å². The smallest absolute Gasteiger partial charge is 0.255 e. The zero-order chi connectivity index (χ0) is 11.2. The summed E-state index contributed by atoms with van der Waals surface area (Å²) in [5, 5.41) is 8.54. The van der Waals surface area contributed by atoms with Gasteiger partial charge in [0, 0.05) is 13.7 Å². The van der Waals surface area contributed by atoms with Crippen LogP contribution in [0.15, 0.2) is 0 Å². The summed E-state index contributed by atoms with van der Waals surface area (Å²) < 4.78 is 5.18. The molecule has 1 atom stereocenters. The Hall–Kier alpha value is -1.08. The molecule has 0 aliphatic heterocycles. The molecule has 0 bridgehead atoms. The molecule has 0 aliphatic rings. The highest BCUT2D eigenvalue weighted by atomic mass is 16.5. The van der Waals surface area contributed by atoms with Crippen molar-refractivity contribution in [2.45, 2.75) is 32.8 Å². The normalized spacial score (nSPS) is 14.2. The first-order valence-corrected chi connectivity index (χ1v) is 4.77. The molecule has 0 N–H and O–H groups in total. The SMILES string of the molecule is CCN(CC#N)C(=O)C(C)(CC)OC. The van der Waals surface area contributed by atoms with Crippen molar-refractivity contribution in [3.8, 4) is 6.07 Å². The minimum atomic E-state index is -0.799. The van der Waals surface area contributed by atoms with E-state index in [-0.39, 0.29) is 12.5 Å². The molecule has 0 aromatic rings. The maximum Gasteiger partial charge on any atom is 0.255 e. The third-order valence-electron chi connectivity index (χ3n) is 2.51. The van der Waals surface area contributed by atoms with Gasteiger partial charge in [-0.1, -0.05) is 6.92 Å². The Morgan fingerprint density at radius 1 is 1.57 bits per heavy atom. The van der Waals surface area contributed by atoms with Crippen molar-refractivity contribution in [1.29, 1.82) is 5.26 Å². The average molecular weight is 198 g/mol. The molecule has 80 valence electrons. The Morgan fingerprint density at radius 3 is 2.43 bits per heavy atom. The first-order valence-electron chi connectivity index (χ1n) is 4.77. The van der Waals surface area contributed by atoms with Gasteiger partial charge < -0.3 is 9.64 Å². The summed E-state index contributed by atoms with van der Waals surface area (Å²) in [6.07, 6.45) is 0.601. The van der Waals surface area contributed by atoms with Gasteiger partial charge in [-0.3, -0.25) is 4.79 Å². The number of nitriles is 1. The maximum atomic E-state index is 11.9. The first-order chi connectivity index (χ1) is 6.55. The number of hydrogen-bond donors (Lipinski definition) is 0. The van der Waals surface area contributed by atoms with Crippen LogP contribution in [0.3, 0.4) is 0 Å². The lowest BCUT2D eigenvalue weighted by atomic mass is 10.0. The highest BCUT2D eigenvalue weighted by Gasteiger charge is 2.34. The largest absolute Gasteiger partial charge is 0.369 e. The highest BCUT2D eigenvalue weighted by molar-refractivity contribution is 5.85. The number of hydrogen-bond acceptors (Lipinski definition) is 3. The van der Waals surface area contributed by atoms with Crippen LogP contribution in [-0.4, -0.2) is 36.6 Å². The number of carbonyl (C=O) groups excluding carboxylic acids is 1. The van der Waals surface area contributed by atoms with Crippen LogP contribution in [0.25, 0.3) is 0 Å². The second kappa shape index (κ2) is 5.61. The lowest BCUT2D eigenvalue weighted by molar-refractivity contribution is -0.152. The molecular formula is C10H18N2O2. The molecule has 14 heavy (non-hydrogen) atoms. The third-order valence-corrected chi connectivity index (χ3v) is 2.51. The van der Waals surface area contributed by atoms with Crippen LogP contribution in [0.1, 0.15) is 27.2 Å². The number of likely N-dealkylation sites (N-methyl/N-ethyl adjacent to an activating group) is 1. The molecule has 0 aliphatic carbocycles. The zero-order valence-corrected chi connectivity index (χ0v) is 9.33. The zero-order valence-electron chi connectivity index (χ0n) is 9.33. The van der Waals surface area contributed by atoms with E-state index < -0.39 is 5.60 Å². The van der Waals surface area contributed by atoms with Gasteiger partial charge in [-0.15, -0.1) is 0 Å². The Bertz CT molecular complexity index is 229. The molecule has 1 unspecified atom stereocenters. The average Bonchev–Trinajstić information content (AvgIpc) is 2.23. The van der Waals surface area contributed by atoms with E-state index in [1.165, 1.54) is 12.0 Å². The van der Waals surface area contributed by atoms with Crippen LogP contribution in [0.4, 0.5) is 0 Å². The number of carbonyl (C=O) groups is 1. The van der Waals surface area contributed by atoms with Gasteiger partial charge in [-0.05, 0) is 20.3 Å². The molecule has 0 aromatic heterocycles. The van der Waals surface area contributed by atoms with Gasteiger partial charge in [0.25, 0.3) is 5.91 Å². The molecule has 0 heterocycles. The minimum absolute atomic E-state index is 0.119. The van der Waals surface area contributed by atoms with Crippen LogP contribution in [0, 0.1) is 11.3 Å². The molecule has 0 fully saturated rings. The summed E-state index contributed by atoms with van der Waals surface area (Å²) in [7, 11) is 1.52. The van der Waals surface area contributed by atoms with Crippen molar-refractivity contribution in [2.75, 3.05) is 20.2 Å². The van der Waals surface area contributed by atoms with Gasteiger partial charge in [-0.2, -0.15) is 5.26 Å². The summed E-state index contributed by atoms with van der Waals surface area (Å²) in [5.74, 6) is -0.119. The predicted octanol–water partition coefficient (Wildman–Crippen LogP) is 1.17. The van der Waals surface area contributed by atoms with Gasteiger partial charge in [0.05, 0.1) is 6.07 Å². The van der Waals surface area contributed by atoms with Crippen molar-refractivity contribution in [2.24, 2.45) is 0 Å². The van der Waals surface area contributed by atoms with Crippen LogP contribution < -0.4 is 0 Å². The highest BCUT2D eigenvalue weighted by Crippen LogP contribution is 2.17. The maximum absolute atomic E-state index is 11.9. The lowest BCUT2D eigenvalue weighted by Crippen LogP contribution is -2.48. The van der Waals surface area contributed by atoms with Gasteiger partial charge >= 0.3 is 0 Å². The van der Waals surface area contributed by atoms with Gasteiger partial charge in [0.2, 0.25) is 0 Å². The van der Waals surface area contributed by atoms with E-state index in [1.807, 2.05) is 19.9 Å². The Balaban J connectivity index is 4.64. The molecule has 0 spiro atoms. The summed E-state index contributed by atoms with van der Waals surface area (Å²) >= 11 is 0. The standard InChI is InChI=1S/C10H18N2O2/c1-5-10(3,14-4)9(13)12(6-2)8-7-11/h5-6,8H2,1-4H3. The Morgan fingerprint density at radius 2 is 2.14 bits per heavy atom. The molecule has 1 amide bonds. The predicted molar refractivity (Wildman–Crippen MR) is 53.6 cm³/mol. The van der Waals surface area contributed by atoms with E-state index in [0.29, 0.717) is 13.0 Å². The van der Waals surface area contributed by atoms with Crippen LogP contribution >= 0.6 is 0 Å². The van der Waals surface area contributed by atoms with E-state index in [9.17, 15) is 4.79 Å². The topological polar surface area (TPSA) is 53.3 Å². The molecule has 0 radical (unpaired) electrons. The van der Waals surface area contributed by atoms with Crippen LogP contribution in [0.5, 0.6) is 0 Å². The number of nitrogens with zero attached hydrogens (tertiary/aromatic N) is 2. The second-order valence-corrected chi connectivity index (χ2v) is 3.27. The fourth-order valence-corrected chi connectivity index (χ4v) is 1.13. The van der Waals surface area contributed by atoms with Crippen molar-refractivity contribution < 1.29 is 9.53 Å². The quantitative estimate of drug-likeness (QED) is 0.623. The molecule has 0 saturated carbocycles. The molecule has 4 nitrogen and oxygen atoms in total. The molecule has 4 heteroatoms. The molecular weight excluding hydrogens is 180 g/mol. The fourth-order valence-electron chi connectivity index (χ4n) is 1.13. The van der Waals surface area contributed by atoms with Crippen molar-refractivity contribution in [3.05, 3.63) is 0 Å². The van der Waals surface area contributed by atoms with Gasteiger partial charge in [0.15, 0.2) is 0 Å². The first kappa shape index (κ1) is 12.9. The summed E-state index contributed by atoms with van der Waals surface area (Å²) in [6, 6.07) is 1.97. The summed E-state index contributed by atoms with van der Waals surface area (Å²) in [4.78, 5) is 13.4. The minimum Gasteiger partial charge on any atom is -0.369 e. The van der Waals surface area contributed by atoms with E-state index in [0.717, 1.165) is 0 Å². The fraction of sp³-hybridized carbons (Fsp3) is 0.800. The second-order valence-electron chi connectivity index (χ2n) is 3.27. The van der Waals surface area contributed by atoms with E-state index in [1.54, 1.807) is 6.92 Å². The van der Waals surface area contributed by atoms with Crippen molar-refractivity contribution in [3.63, 3.8) is 0 Å².